The van der Waals surface area contributed by atoms with Crippen molar-refractivity contribution in [2.45, 2.75) is 25.2 Å². The van der Waals surface area contributed by atoms with Gasteiger partial charge < -0.3 is 10.1 Å². The lowest BCUT2D eigenvalue weighted by molar-refractivity contribution is -0.119. The van der Waals surface area contributed by atoms with E-state index in [0.717, 1.165) is 22.4 Å². The van der Waals surface area contributed by atoms with Crippen molar-refractivity contribution >= 4 is 21.6 Å². The van der Waals surface area contributed by atoms with Gasteiger partial charge in [0, 0.05) is 6.54 Å². The van der Waals surface area contributed by atoms with Crippen molar-refractivity contribution in [3.63, 3.8) is 0 Å². The molecular weight excluding hydrogens is 424 g/mol. The number of carbonyl (C=O) groups excluding carboxylic acids is 1. The number of nitrogens with one attached hydrogen (secondary N) is 1. The Bertz CT molecular complexity index is 1160. The van der Waals surface area contributed by atoms with Crippen molar-refractivity contribution in [1.82, 2.24) is 5.32 Å². The summed E-state index contributed by atoms with van der Waals surface area (Å²) in [7, 11) is -2.30. The fraction of sp³-hybridized carbons (Fsp3) is 0.240. The first-order valence-electron chi connectivity index (χ1n) is 10.4. The summed E-state index contributed by atoms with van der Waals surface area (Å²) in [6.07, 6.45) is 0.630. The van der Waals surface area contributed by atoms with E-state index in [1.807, 2.05) is 50.2 Å². The molecule has 0 aliphatic rings. The highest BCUT2D eigenvalue weighted by Gasteiger charge is 2.28. The van der Waals surface area contributed by atoms with E-state index in [1.165, 1.54) is 16.4 Å². The smallest absolute Gasteiger partial charge is 0.264 e. The van der Waals surface area contributed by atoms with E-state index >= 15 is 0 Å². The Morgan fingerprint density at radius 2 is 1.66 bits per heavy atom. The van der Waals surface area contributed by atoms with Gasteiger partial charge in [0.1, 0.15) is 12.3 Å². The zero-order chi connectivity index (χ0) is 23.1. The molecule has 168 valence electrons. The molecule has 0 bridgehead atoms. The predicted octanol–water partition coefficient (Wildman–Crippen LogP) is 3.87. The van der Waals surface area contributed by atoms with Gasteiger partial charge >= 0.3 is 0 Å². The van der Waals surface area contributed by atoms with Crippen molar-refractivity contribution in [3.8, 4) is 5.75 Å². The highest BCUT2D eigenvalue weighted by Crippen LogP contribution is 2.27. The van der Waals surface area contributed by atoms with Gasteiger partial charge in [-0.3, -0.25) is 9.10 Å². The van der Waals surface area contributed by atoms with E-state index in [9.17, 15) is 13.2 Å². The van der Waals surface area contributed by atoms with Crippen molar-refractivity contribution in [3.05, 3.63) is 89.5 Å². The molecule has 3 aromatic rings. The van der Waals surface area contributed by atoms with Crippen LogP contribution in [-0.2, 0) is 21.2 Å². The zero-order valence-corrected chi connectivity index (χ0v) is 19.4. The molecule has 0 saturated carbocycles. The molecule has 0 aliphatic heterocycles. The van der Waals surface area contributed by atoms with Crippen molar-refractivity contribution in [2.75, 3.05) is 24.5 Å². The molecule has 0 saturated heterocycles. The highest BCUT2D eigenvalue weighted by molar-refractivity contribution is 7.92. The van der Waals surface area contributed by atoms with Crippen LogP contribution in [0.4, 0.5) is 5.69 Å². The summed E-state index contributed by atoms with van der Waals surface area (Å²) in [6, 6.07) is 21.4. The van der Waals surface area contributed by atoms with Crippen LogP contribution < -0.4 is 14.4 Å². The number of hydrogen-bond donors (Lipinski definition) is 1. The van der Waals surface area contributed by atoms with Gasteiger partial charge in [0.25, 0.3) is 10.0 Å². The van der Waals surface area contributed by atoms with Gasteiger partial charge in [0.15, 0.2) is 0 Å². The lowest BCUT2D eigenvalue weighted by atomic mass is 10.1. The van der Waals surface area contributed by atoms with E-state index in [4.69, 9.17) is 4.74 Å². The highest BCUT2D eigenvalue weighted by atomic mass is 32.2. The molecule has 1 amide bonds. The standard InChI is InChI=1S/C25H28N2O4S/c1-19-9-10-20(2)24(17-19)27(32(29,30)23-7-5-4-6-8-23)18-25(28)26-16-15-21-11-13-22(31-3)14-12-21/h4-14,17H,15-16,18H2,1-3H3,(H,26,28). The first-order valence-corrected chi connectivity index (χ1v) is 11.8. The molecular formula is C25H28N2O4S. The van der Waals surface area contributed by atoms with Gasteiger partial charge in [-0.25, -0.2) is 8.42 Å². The largest absolute Gasteiger partial charge is 0.497 e. The Morgan fingerprint density at radius 3 is 2.31 bits per heavy atom. The van der Waals surface area contributed by atoms with Crippen molar-refractivity contribution in [2.24, 2.45) is 0 Å². The van der Waals surface area contributed by atoms with Crippen LogP contribution in [0.25, 0.3) is 0 Å². The van der Waals surface area contributed by atoms with E-state index in [1.54, 1.807) is 31.4 Å². The number of rotatable bonds is 9. The number of aryl methyl sites for hydroxylation is 2. The maximum atomic E-state index is 13.4. The number of ether oxygens (including phenoxy) is 1. The molecule has 32 heavy (non-hydrogen) atoms. The van der Waals surface area contributed by atoms with Crippen molar-refractivity contribution < 1.29 is 17.9 Å². The second kappa shape index (κ2) is 10.3. The third-order valence-corrected chi connectivity index (χ3v) is 6.92. The van der Waals surface area contributed by atoms with Crippen LogP contribution in [0.2, 0.25) is 0 Å². The molecule has 0 radical (unpaired) electrons. The van der Waals surface area contributed by atoms with E-state index in [0.29, 0.717) is 18.7 Å². The lowest BCUT2D eigenvalue weighted by Crippen LogP contribution is -2.41. The predicted molar refractivity (Wildman–Crippen MR) is 127 cm³/mol. The normalized spacial score (nSPS) is 11.1. The molecule has 3 aromatic carbocycles. The number of hydrogen-bond acceptors (Lipinski definition) is 4. The Hall–Kier alpha value is -3.32. The quantitative estimate of drug-likeness (QED) is 0.535. The van der Waals surface area contributed by atoms with Crippen LogP contribution in [0.1, 0.15) is 16.7 Å². The number of sulfonamides is 1. The summed E-state index contributed by atoms with van der Waals surface area (Å²) in [5.41, 5.74) is 3.24. The lowest BCUT2D eigenvalue weighted by Gasteiger charge is -2.26. The van der Waals surface area contributed by atoms with Gasteiger partial charge in [-0.15, -0.1) is 0 Å². The average Bonchev–Trinajstić information content (AvgIpc) is 2.80. The minimum Gasteiger partial charge on any atom is -0.497 e. The van der Waals surface area contributed by atoms with Crippen molar-refractivity contribution in [1.29, 1.82) is 0 Å². The van der Waals surface area contributed by atoms with Gasteiger partial charge in [-0.2, -0.15) is 0 Å². The van der Waals surface area contributed by atoms with Crippen LogP contribution >= 0.6 is 0 Å². The molecule has 3 rings (SSSR count). The molecule has 0 atom stereocenters. The molecule has 0 spiro atoms. The van der Waals surface area contributed by atoms with Crippen LogP contribution in [0, 0.1) is 13.8 Å². The Kier molecular flexibility index (Phi) is 7.53. The van der Waals surface area contributed by atoms with Crippen LogP contribution in [-0.4, -0.2) is 34.5 Å². The van der Waals surface area contributed by atoms with Crippen LogP contribution in [0.3, 0.4) is 0 Å². The molecule has 6 nitrogen and oxygen atoms in total. The number of nitrogens with zero attached hydrogens (tertiary/aromatic N) is 1. The molecule has 0 fully saturated rings. The number of benzene rings is 3. The molecule has 7 heteroatoms. The summed E-state index contributed by atoms with van der Waals surface area (Å²) < 4.78 is 33.2. The average molecular weight is 453 g/mol. The fourth-order valence-electron chi connectivity index (χ4n) is 3.33. The topological polar surface area (TPSA) is 75.7 Å². The Morgan fingerprint density at radius 1 is 0.969 bits per heavy atom. The monoisotopic (exact) mass is 452 g/mol. The van der Waals surface area contributed by atoms with E-state index in [-0.39, 0.29) is 17.3 Å². The second-order valence-corrected chi connectivity index (χ2v) is 9.43. The number of amides is 1. The van der Waals surface area contributed by atoms with Crippen LogP contribution in [0.15, 0.2) is 77.7 Å². The van der Waals surface area contributed by atoms with E-state index in [2.05, 4.69) is 5.32 Å². The van der Waals surface area contributed by atoms with E-state index < -0.39 is 10.0 Å². The van der Waals surface area contributed by atoms with Crippen LogP contribution in [0.5, 0.6) is 5.75 Å². The summed E-state index contributed by atoms with van der Waals surface area (Å²) in [6.45, 7) is 3.83. The minimum atomic E-state index is -3.91. The first-order chi connectivity index (χ1) is 15.3. The number of anilines is 1. The second-order valence-electron chi connectivity index (χ2n) is 7.56. The summed E-state index contributed by atoms with van der Waals surface area (Å²) in [5.74, 6) is 0.409. The molecule has 0 aliphatic carbocycles. The molecule has 0 unspecified atom stereocenters. The third kappa shape index (κ3) is 5.68. The third-order valence-electron chi connectivity index (χ3n) is 5.15. The summed E-state index contributed by atoms with van der Waals surface area (Å²) >= 11 is 0. The van der Waals surface area contributed by atoms with Gasteiger partial charge in [0.05, 0.1) is 17.7 Å². The SMILES string of the molecule is COc1ccc(CCNC(=O)CN(c2cc(C)ccc2C)S(=O)(=O)c2ccccc2)cc1. The maximum Gasteiger partial charge on any atom is 0.264 e. The molecule has 0 heterocycles. The maximum absolute atomic E-state index is 13.4. The fourth-order valence-corrected chi connectivity index (χ4v) is 4.83. The number of carbonyl (C=O) groups is 1. The molecule has 0 aromatic heterocycles. The van der Waals surface area contributed by atoms with Gasteiger partial charge in [0.2, 0.25) is 5.91 Å². The Labute approximate surface area is 189 Å². The minimum absolute atomic E-state index is 0.145. The van der Waals surface area contributed by atoms with Gasteiger partial charge in [-0.05, 0) is 67.3 Å². The van der Waals surface area contributed by atoms with Gasteiger partial charge in [-0.1, -0.05) is 42.5 Å². The summed E-state index contributed by atoms with van der Waals surface area (Å²) in [4.78, 5) is 12.9. The zero-order valence-electron chi connectivity index (χ0n) is 18.5. The molecule has 1 N–H and O–H groups in total. The first kappa shape index (κ1) is 23.3. The number of methoxy groups -OCH3 is 1. The summed E-state index contributed by atoms with van der Waals surface area (Å²) in [5, 5.41) is 2.84. The Balaban J connectivity index is 1.77.